The van der Waals surface area contributed by atoms with Crippen LogP contribution >= 0.6 is 11.8 Å². The predicted octanol–water partition coefficient (Wildman–Crippen LogP) is 1.81. The Morgan fingerprint density at radius 3 is 2.50 bits per heavy atom. The van der Waals surface area contributed by atoms with Gasteiger partial charge in [-0.05, 0) is 24.1 Å². The first-order valence-electron chi connectivity index (χ1n) is 6.24. The molecule has 22 heavy (non-hydrogen) atoms. The summed E-state index contributed by atoms with van der Waals surface area (Å²) in [6.07, 6.45) is -4.44. The molecular formula is C13H12F3NO4S. The molecule has 0 saturated carbocycles. The Balaban J connectivity index is 1.94. The van der Waals surface area contributed by atoms with Crippen molar-refractivity contribution in [1.29, 1.82) is 0 Å². The van der Waals surface area contributed by atoms with Crippen LogP contribution in [0.3, 0.4) is 0 Å². The van der Waals surface area contributed by atoms with Crippen LogP contribution in [-0.2, 0) is 16.0 Å². The Labute approximate surface area is 127 Å². The van der Waals surface area contributed by atoms with Gasteiger partial charge in [0, 0.05) is 5.75 Å². The number of nitrogens with one attached hydrogen (secondary N) is 1. The molecule has 2 rings (SSSR count). The van der Waals surface area contributed by atoms with E-state index in [0.29, 0.717) is 12.0 Å². The molecular weight excluding hydrogens is 323 g/mol. The van der Waals surface area contributed by atoms with Gasteiger partial charge in [0.2, 0.25) is 5.91 Å². The largest absolute Gasteiger partial charge is 0.573 e. The molecule has 5 nitrogen and oxygen atoms in total. The van der Waals surface area contributed by atoms with Crippen molar-refractivity contribution < 1.29 is 32.6 Å². The Hall–Kier alpha value is -1.90. The highest BCUT2D eigenvalue weighted by Crippen LogP contribution is 2.25. The van der Waals surface area contributed by atoms with E-state index in [-0.39, 0.29) is 17.4 Å². The number of ether oxygens (including phenoxy) is 1. The van der Waals surface area contributed by atoms with E-state index < -0.39 is 23.6 Å². The predicted molar refractivity (Wildman–Crippen MR) is 72.6 cm³/mol. The van der Waals surface area contributed by atoms with Crippen LogP contribution in [0.25, 0.3) is 0 Å². The molecule has 1 amide bonds. The number of halogens is 3. The molecule has 1 fully saturated rings. The molecule has 0 spiro atoms. The van der Waals surface area contributed by atoms with Gasteiger partial charge in [0.15, 0.2) is 0 Å². The van der Waals surface area contributed by atoms with E-state index in [9.17, 15) is 22.8 Å². The topological polar surface area (TPSA) is 75.6 Å². The lowest BCUT2D eigenvalue weighted by Gasteiger charge is -2.26. The molecule has 0 aliphatic carbocycles. The van der Waals surface area contributed by atoms with E-state index in [1.54, 1.807) is 0 Å². The van der Waals surface area contributed by atoms with Crippen LogP contribution in [0.4, 0.5) is 13.2 Å². The van der Waals surface area contributed by atoms with Crippen molar-refractivity contribution in [1.82, 2.24) is 5.32 Å². The minimum absolute atomic E-state index is 0.251. The number of rotatable bonds is 4. The summed E-state index contributed by atoms with van der Waals surface area (Å²) in [5, 5.41) is 10.7. The Morgan fingerprint density at radius 2 is 2.00 bits per heavy atom. The molecule has 120 valence electrons. The first-order chi connectivity index (χ1) is 10.2. The van der Waals surface area contributed by atoms with Gasteiger partial charge in [-0.2, -0.15) is 0 Å². The highest BCUT2D eigenvalue weighted by Gasteiger charge is 2.33. The first kappa shape index (κ1) is 16.5. The molecule has 0 aromatic heterocycles. The normalized spacial score (nSPS) is 22.0. The van der Waals surface area contributed by atoms with E-state index >= 15 is 0 Å². The second-order valence-electron chi connectivity index (χ2n) is 4.62. The van der Waals surface area contributed by atoms with Crippen LogP contribution in [0.1, 0.15) is 5.56 Å². The highest BCUT2D eigenvalue weighted by molar-refractivity contribution is 8.00. The molecule has 0 unspecified atom stereocenters. The van der Waals surface area contributed by atoms with Crippen LogP contribution < -0.4 is 10.1 Å². The fourth-order valence-electron chi connectivity index (χ4n) is 1.92. The van der Waals surface area contributed by atoms with E-state index in [1.165, 1.54) is 36.0 Å². The maximum Gasteiger partial charge on any atom is 0.573 e. The molecule has 1 aliphatic rings. The van der Waals surface area contributed by atoms with Crippen LogP contribution in [0, 0.1) is 0 Å². The van der Waals surface area contributed by atoms with Gasteiger partial charge in [-0.3, -0.25) is 4.79 Å². The lowest BCUT2D eigenvalue weighted by atomic mass is 10.1. The number of aliphatic carboxylic acids is 1. The zero-order chi connectivity index (χ0) is 16.3. The van der Waals surface area contributed by atoms with Crippen molar-refractivity contribution in [2.75, 3.05) is 5.75 Å². The maximum atomic E-state index is 12.0. The van der Waals surface area contributed by atoms with Gasteiger partial charge in [0.25, 0.3) is 0 Å². The fourth-order valence-corrected chi connectivity index (χ4v) is 3.10. The van der Waals surface area contributed by atoms with Crippen molar-refractivity contribution >= 4 is 23.6 Å². The van der Waals surface area contributed by atoms with Gasteiger partial charge in [-0.15, -0.1) is 24.9 Å². The van der Waals surface area contributed by atoms with Crippen LogP contribution in [0.5, 0.6) is 5.75 Å². The maximum absolute atomic E-state index is 12.0. The number of hydrogen-bond acceptors (Lipinski definition) is 4. The monoisotopic (exact) mass is 335 g/mol. The Morgan fingerprint density at radius 1 is 1.36 bits per heavy atom. The third-order valence-corrected chi connectivity index (χ3v) is 4.26. The van der Waals surface area contributed by atoms with Crippen molar-refractivity contribution in [3.05, 3.63) is 29.8 Å². The molecule has 1 aromatic rings. The Kier molecular flexibility index (Phi) is 4.84. The van der Waals surface area contributed by atoms with Gasteiger partial charge in [-0.25, -0.2) is 4.79 Å². The highest BCUT2D eigenvalue weighted by atomic mass is 32.2. The number of carbonyl (C=O) groups is 2. The fraction of sp³-hybridized carbons (Fsp3) is 0.385. The minimum atomic E-state index is -4.74. The summed E-state index contributed by atoms with van der Waals surface area (Å²) in [6.45, 7) is 0. The summed E-state index contributed by atoms with van der Waals surface area (Å²) in [7, 11) is 0. The van der Waals surface area contributed by atoms with Gasteiger partial charge in [0.05, 0.1) is 5.25 Å². The number of benzene rings is 1. The molecule has 2 N–H and O–H groups in total. The summed E-state index contributed by atoms with van der Waals surface area (Å²) >= 11 is 1.21. The van der Waals surface area contributed by atoms with E-state index in [4.69, 9.17) is 5.11 Å². The van der Waals surface area contributed by atoms with Crippen molar-refractivity contribution in [3.8, 4) is 5.75 Å². The molecule has 1 saturated heterocycles. The SMILES string of the molecule is O=C1N[C@@H](C(=O)O)CS[C@H]1Cc1ccc(OC(F)(F)F)cc1. The number of thioether (sulfide) groups is 1. The molecule has 1 aromatic carbocycles. The van der Waals surface area contributed by atoms with Gasteiger partial charge in [-0.1, -0.05) is 12.1 Å². The molecule has 9 heteroatoms. The van der Waals surface area contributed by atoms with Gasteiger partial charge >= 0.3 is 12.3 Å². The zero-order valence-corrected chi connectivity index (χ0v) is 11.9. The zero-order valence-electron chi connectivity index (χ0n) is 11.1. The van der Waals surface area contributed by atoms with Crippen molar-refractivity contribution in [2.45, 2.75) is 24.1 Å². The van der Waals surface area contributed by atoms with Crippen molar-refractivity contribution in [2.24, 2.45) is 0 Å². The molecule has 2 atom stereocenters. The summed E-state index contributed by atoms with van der Waals surface area (Å²) in [5.41, 5.74) is 0.663. The van der Waals surface area contributed by atoms with E-state index in [0.717, 1.165) is 0 Å². The second kappa shape index (κ2) is 6.47. The third kappa shape index (κ3) is 4.55. The summed E-state index contributed by atoms with van der Waals surface area (Å²) in [5.74, 6) is -1.56. The Bertz CT molecular complexity index is 561. The smallest absolute Gasteiger partial charge is 0.480 e. The number of alkyl halides is 3. The second-order valence-corrected chi connectivity index (χ2v) is 5.85. The van der Waals surface area contributed by atoms with E-state index in [2.05, 4.69) is 10.1 Å². The van der Waals surface area contributed by atoms with Gasteiger partial charge in [0.1, 0.15) is 11.8 Å². The van der Waals surface area contributed by atoms with E-state index in [1.807, 2.05) is 0 Å². The van der Waals surface area contributed by atoms with Crippen LogP contribution in [0.15, 0.2) is 24.3 Å². The minimum Gasteiger partial charge on any atom is -0.480 e. The third-order valence-electron chi connectivity index (χ3n) is 2.95. The first-order valence-corrected chi connectivity index (χ1v) is 7.29. The number of carboxylic acid groups (broad SMARTS) is 1. The lowest BCUT2D eigenvalue weighted by Crippen LogP contribution is -2.51. The molecule has 1 heterocycles. The molecule has 0 bridgehead atoms. The lowest BCUT2D eigenvalue weighted by molar-refractivity contribution is -0.274. The summed E-state index contributed by atoms with van der Waals surface area (Å²) in [6, 6.07) is 4.33. The van der Waals surface area contributed by atoms with Crippen LogP contribution in [-0.4, -0.2) is 40.4 Å². The molecule has 1 aliphatic heterocycles. The number of amides is 1. The quantitative estimate of drug-likeness (QED) is 0.878. The van der Waals surface area contributed by atoms with Crippen LogP contribution in [0.2, 0.25) is 0 Å². The van der Waals surface area contributed by atoms with Gasteiger partial charge < -0.3 is 15.2 Å². The standard InChI is InChI=1S/C13H12F3NO4S/c14-13(15,16)21-8-3-1-7(2-4-8)5-10-11(18)17-9(6-22-10)12(19)20/h1-4,9-10H,5-6H2,(H,17,18)(H,19,20)/t9-,10+/m1/s1. The number of hydrogen-bond donors (Lipinski definition) is 2. The average Bonchev–Trinajstić information content (AvgIpc) is 2.41. The number of carbonyl (C=O) groups excluding carboxylic acids is 1. The van der Waals surface area contributed by atoms with Crippen molar-refractivity contribution in [3.63, 3.8) is 0 Å². The summed E-state index contributed by atoms with van der Waals surface area (Å²) in [4.78, 5) is 22.6. The molecule has 0 radical (unpaired) electrons. The average molecular weight is 335 g/mol. The summed E-state index contributed by atoms with van der Waals surface area (Å²) < 4.78 is 39.9. The number of carboxylic acids is 1.